The summed E-state index contributed by atoms with van der Waals surface area (Å²) in [6, 6.07) is 0.351. The molecular weight excluding hydrogens is 256 g/mol. The molecule has 2 fully saturated rings. The summed E-state index contributed by atoms with van der Waals surface area (Å²) in [4.78, 5) is 24.9. The second-order valence-electron chi connectivity index (χ2n) is 6.39. The molecule has 1 amide bonds. The number of carbonyl (C=O) groups is 2. The third-order valence-corrected chi connectivity index (χ3v) is 4.64. The van der Waals surface area contributed by atoms with Crippen molar-refractivity contribution >= 4 is 11.9 Å². The van der Waals surface area contributed by atoms with E-state index in [2.05, 4.69) is 12.2 Å². The number of hydrogen-bond donors (Lipinski definition) is 2. The Morgan fingerprint density at radius 1 is 1.20 bits per heavy atom. The quantitative estimate of drug-likeness (QED) is 0.804. The number of carboxylic acids is 1. The van der Waals surface area contributed by atoms with Gasteiger partial charge in [-0.15, -0.1) is 0 Å². The Kier molecular flexibility index (Phi) is 5.40. The zero-order valence-electron chi connectivity index (χ0n) is 12.3. The van der Waals surface area contributed by atoms with Crippen LogP contribution >= 0.6 is 0 Å². The van der Waals surface area contributed by atoms with Crippen molar-refractivity contribution in [1.82, 2.24) is 10.2 Å². The maximum absolute atomic E-state index is 12.1. The van der Waals surface area contributed by atoms with Crippen LogP contribution in [0.3, 0.4) is 0 Å². The molecule has 0 spiro atoms. The van der Waals surface area contributed by atoms with E-state index in [-0.39, 0.29) is 18.4 Å². The molecule has 1 unspecified atom stereocenters. The highest BCUT2D eigenvalue weighted by atomic mass is 16.4. The number of aliphatic carboxylic acids is 1. The predicted octanol–water partition coefficient (Wildman–Crippen LogP) is 1.62. The monoisotopic (exact) mass is 282 g/mol. The van der Waals surface area contributed by atoms with Crippen LogP contribution in [0.25, 0.3) is 0 Å². The summed E-state index contributed by atoms with van der Waals surface area (Å²) >= 11 is 0. The van der Waals surface area contributed by atoms with Gasteiger partial charge in [0, 0.05) is 12.1 Å². The van der Waals surface area contributed by atoms with Gasteiger partial charge in [-0.3, -0.25) is 14.5 Å². The van der Waals surface area contributed by atoms with Gasteiger partial charge in [0.2, 0.25) is 5.91 Å². The van der Waals surface area contributed by atoms with E-state index >= 15 is 0 Å². The minimum absolute atomic E-state index is 0.0321. The van der Waals surface area contributed by atoms with Crippen molar-refractivity contribution in [2.45, 2.75) is 64.0 Å². The van der Waals surface area contributed by atoms with Gasteiger partial charge in [-0.1, -0.05) is 6.92 Å². The summed E-state index contributed by atoms with van der Waals surface area (Å²) in [5, 5.41) is 12.0. The summed E-state index contributed by atoms with van der Waals surface area (Å²) in [6.07, 6.45) is 6.56. The number of amides is 1. The molecule has 1 saturated carbocycles. The molecule has 20 heavy (non-hydrogen) atoms. The number of nitrogens with one attached hydrogen (secondary N) is 1. The number of carboxylic acid groups (broad SMARTS) is 1. The minimum Gasteiger partial charge on any atom is -0.481 e. The Balaban J connectivity index is 1.74. The molecule has 1 heterocycles. The largest absolute Gasteiger partial charge is 0.481 e. The van der Waals surface area contributed by atoms with Crippen molar-refractivity contribution in [3.05, 3.63) is 0 Å². The van der Waals surface area contributed by atoms with Gasteiger partial charge in [0.1, 0.15) is 0 Å². The van der Waals surface area contributed by atoms with Gasteiger partial charge in [0.15, 0.2) is 0 Å². The Hall–Kier alpha value is -1.10. The molecule has 0 bridgehead atoms. The minimum atomic E-state index is -0.774. The van der Waals surface area contributed by atoms with Crippen molar-refractivity contribution in [1.29, 1.82) is 0 Å². The summed E-state index contributed by atoms with van der Waals surface area (Å²) in [6.45, 7) is 3.45. The van der Waals surface area contributed by atoms with Crippen LogP contribution in [-0.2, 0) is 9.59 Å². The molecule has 1 aliphatic heterocycles. The van der Waals surface area contributed by atoms with Gasteiger partial charge in [-0.2, -0.15) is 0 Å². The first-order chi connectivity index (χ1) is 9.54. The number of nitrogens with zero attached hydrogens (tertiary/aromatic N) is 1. The van der Waals surface area contributed by atoms with Crippen LogP contribution in [0, 0.1) is 5.92 Å². The van der Waals surface area contributed by atoms with Crippen LogP contribution in [0.4, 0.5) is 0 Å². The molecule has 0 radical (unpaired) electrons. The molecule has 0 aromatic rings. The molecule has 1 aliphatic carbocycles. The van der Waals surface area contributed by atoms with Crippen LogP contribution < -0.4 is 5.32 Å². The van der Waals surface area contributed by atoms with E-state index in [1.807, 2.05) is 4.90 Å². The lowest BCUT2D eigenvalue weighted by Crippen LogP contribution is -2.45. The van der Waals surface area contributed by atoms with E-state index in [4.69, 9.17) is 5.11 Å². The molecule has 0 aromatic carbocycles. The maximum atomic E-state index is 12.1. The molecule has 1 saturated heterocycles. The number of carbonyl (C=O) groups excluding carboxylic acids is 1. The van der Waals surface area contributed by atoms with E-state index in [0.717, 1.165) is 38.1 Å². The molecule has 2 rings (SSSR count). The van der Waals surface area contributed by atoms with Gasteiger partial charge in [0.25, 0.3) is 0 Å². The Morgan fingerprint density at radius 3 is 2.55 bits per heavy atom. The van der Waals surface area contributed by atoms with E-state index in [1.165, 1.54) is 12.8 Å². The predicted molar refractivity (Wildman–Crippen MR) is 76.4 cm³/mol. The summed E-state index contributed by atoms with van der Waals surface area (Å²) in [7, 11) is 0. The van der Waals surface area contributed by atoms with Crippen LogP contribution in [0.2, 0.25) is 0 Å². The number of rotatable bonds is 5. The summed E-state index contributed by atoms with van der Waals surface area (Å²) in [5.41, 5.74) is 0. The smallest absolute Gasteiger partial charge is 0.304 e. The molecule has 5 nitrogen and oxygen atoms in total. The Labute approximate surface area is 120 Å². The van der Waals surface area contributed by atoms with Crippen LogP contribution in [-0.4, -0.2) is 47.1 Å². The van der Waals surface area contributed by atoms with Gasteiger partial charge >= 0.3 is 5.97 Å². The molecule has 0 aromatic heterocycles. The van der Waals surface area contributed by atoms with Crippen molar-refractivity contribution in [3.63, 3.8) is 0 Å². The molecule has 2 aliphatic rings. The third-order valence-electron chi connectivity index (χ3n) is 4.64. The van der Waals surface area contributed by atoms with Crippen molar-refractivity contribution < 1.29 is 14.7 Å². The van der Waals surface area contributed by atoms with Crippen molar-refractivity contribution in [2.75, 3.05) is 13.1 Å². The summed E-state index contributed by atoms with van der Waals surface area (Å²) < 4.78 is 0. The third kappa shape index (κ3) is 4.47. The molecular formula is C15H26N2O3. The van der Waals surface area contributed by atoms with E-state index in [0.29, 0.717) is 12.6 Å². The van der Waals surface area contributed by atoms with Gasteiger partial charge in [0.05, 0.1) is 13.0 Å². The van der Waals surface area contributed by atoms with E-state index < -0.39 is 5.97 Å². The van der Waals surface area contributed by atoms with Crippen LogP contribution in [0.5, 0.6) is 0 Å². The lowest BCUT2D eigenvalue weighted by atomic mass is 9.87. The zero-order chi connectivity index (χ0) is 14.5. The topological polar surface area (TPSA) is 69.6 Å². The number of likely N-dealkylation sites (tertiary alicyclic amines) is 1. The average molecular weight is 282 g/mol. The second-order valence-corrected chi connectivity index (χ2v) is 6.39. The zero-order valence-corrected chi connectivity index (χ0v) is 12.3. The standard InChI is InChI=1S/C15H26N2O3/c1-11-4-6-12(7-5-11)16-14(18)10-17-8-2-3-13(17)9-15(19)20/h11-13H,2-10H2,1H3,(H,16,18)(H,19,20). The van der Waals surface area contributed by atoms with E-state index in [9.17, 15) is 9.59 Å². The van der Waals surface area contributed by atoms with Crippen LogP contribution in [0.1, 0.15) is 51.9 Å². The maximum Gasteiger partial charge on any atom is 0.304 e. The highest BCUT2D eigenvalue weighted by Gasteiger charge is 2.28. The fraction of sp³-hybridized carbons (Fsp3) is 0.867. The molecule has 5 heteroatoms. The lowest BCUT2D eigenvalue weighted by Gasteiger charge is -2.28. The highest BCUT2D eigenvalue weighted by Crippen LogP contribution is 2.24. The lowest BCUT2D eigenvalue weighted by molar-refractivity contribution is -0.138. The first-order valence-electron chi connectivity index (χ1n) is 7.80. The van der Waals surface area contributed by atoms with Crippen molar-refractivity contribution in [3.8, 4) is 0 Å². The summed E-state index contributed by atoms with van der Waals surface area (Å²) in [5.74, 6) is 0.0621. The van der Waals surface area contributed by atoms with E-state index in [1.54, 1.807) is 0 Å². The van der Waals surface area contributed by atoms with Gasteiger partial charge < -0.3 is 10.4 Å². The SMILES string of the molecule is CC1CCC(NC(=O)CN2CCCC2CC(=O)O)CC1. The molecule has 1 atom stereocenters. The highest BCUT2D eigenvalue weighted by molar-refractivity contribution is 5.78. The van der Waals surface area contributed by atoms with Crippen molar-refractivity contribution in [2.24, 2.45) is 5.92 Å². The first-order valence-corrected chi connectivity index (χ1v) is 7.80. The fourth-order valence-corrected chi connectivity index (χ4v) is 3.40. The number of hydrogen-bond acceptors (Lipinski definition) is 3. The van der Waals surface area contributed by atoms with Gasteiger partial charge in [-0.05, 0) is 51.0 Å². The second kappa shape index (κ2) is 7.07. The van der Waals surface area contributed by atoms with Crippen LogP contribution in [0.15, 0.2) is 0 Å². The molecule has 2 N–H and O–H groups in total. The molecule has 114 valence electrons. The first kappa shape index (κ1) is 15.3. The fourth-order valence-electron chi connectivity index (χ4n) is 3.40. The Morgan fingerprint density at radius 2 is 1.90 bits per heavy atom. The Bertz CT molecular complexity index is 351. The average Bonchev–Trinajstić information content (AvgIpc) is 2.78. The van der Waals surface area contributed by atoms with Gasteiger partial charge in [-0.25, -0.2) is 0 Å². The normalized spacial score (nSPS) is 31.1.